The Morgan fingerprint density at radius 1 is 0.733 bits per heavy atom. The van der Waals surface area contributed by atoms with E-state index in [-0.39, 0.29) is 0 Å². The quantitative estimate of drug-likeness (QED) is 0.479. The van der Waals surface area contributed by atoms with Crippen LogP contribution in [0.3, 0.4) is 0 Å². The molecule has 0 aliphatic carbocycles. The molecule has 0 saturated carbocycles. The van der Waals surface area contributed by atoms with Crippen LogP contribution in [0.1, 0.15) is 36.8 Å². The molecule has 0 radical (unpaired) electrons. The topological polar surface area (TPSA) is 0 Å². The number of hydrogen-bond donors (Lipinski definition) is 0. The van der Waals surface area contributed by atoms with Crippen molar-refractivity contribution in [3.05, 3.63) is 35.4 Å². The van der Waals surface area contributed by atoms with Crippen molar-refractivity contribution in [2.75, 3.05) is 5.88 Å². The molecule has 0 aliphatic rings. The molecule has 0 heterocycles. The van der Waals surface area contributed by atoms with Crippen molar-refractivity contribution >= 4 is 23.2 Å². The molecule has 0 N–H and O–H groups in total. The fourth-order valence-corrected chi connectivity index (χ4v) is 1.94. The molecule has 0 atom stereocenters. The first-order valence-corrected chi connectivity index (χ1v) is 6.63. The summed E-state index contributed by atoms with van der Waals surface area (Å²) < 4.78 is 0. The van der Waals surface area contributed by atoms with E-state index in [4.69, 9.17) is 23.2 Å². The summed E-state index contributed by atoms with van der Waals surface area (Å²) in [5.41, 5.74) is 2.61. The normalized spacial score (nSPS) is 10.5. The van der Waals surface area contributed by atoms with Gasteiger partial charge in [0, 0.05) is 11.8 Å². The molecule has 0 aromatic heterocycles. The van der Waals surface area contributed by atoms with Crippen LogP contribution in [0.4, 0.5) is 0 Å². The van der Waals surface area contributed by atoms with Gasteiger partial charge < -0.3 is 0 Å². The summed E-state index contributed by atoms with van der Waals surface area (Å²) >= 11 is 11.3. The second kappa shape index (κ2) is 8.01. The van der Waals surface area contributed by atoms with E-state index in [1.165, 1.54) is 36.8 Å². The highest BCUT2D eigenvalue weighted by Gasteiger charge is 1.94. The predicted octanol–water partition coefficient (Wildman–Crippen LogP) is 4.77. The van der Waals surface area contributed by atoms with Crippen LogP contribution in [0.5, 0.6) is 0 Å². The van der Waals surface area contributed by atoms with Crippen molar-refractivity contribution < 1.29 is 0 Å². The van der Waals surface area contributed by atoms with E-state index in [1.54, 1.807) is 0 Å². The van der Waals surface area contributed by atoms with Crippen molar-refractivity contribution in [3.63, 3.8) is 0 Å². The Balaban J connectivity index is 2.20. The molecule has 0 unspecified atom stereocenters. The van der Waals surface area contributed by atoms with Gasteiger partial charge in [-0.2, -0.15) is 0 Å². The maximum absolute atomic E-state index is 5.73. The van der Waals surface area contributed by atoms with Gasteiger partial charge in [0.15, 0.2) is 0 Å². The van der Waals surface area contributed by atoms with Crippen LogP contribution < -0.4 is 0 Å². The van der Waals surface area contributed by atoms with Gasteiger partial charge in [-0.05, 0) is 30.4 Å². The van der Waals surface area contributed by atoms with Gasteiger partial charge in [0.25, 0.3) is 0 Å². The molecule has 0 nitrogen and oxygen atoms in total. The summed E-state index contributed by atoms with van der Waals surface area (Å²) in [6, 6.07) is 8.58. The molecule has 0 aliphatic heterocycles. The summed E-state index contributed by atoms with van der Waals surface area (Å²) in [5.74, 6) is 1.40. The Labute approximate surface area is 103 Å². The van der Waals surface area contributed by atoms with Crippen LogP contribution in [-0.2, 0) is 12.3 Å². The van der Waals surface area contributed by atoms with Crippen LogP contribution in [-0.4, -0.2) is 5.88 Å². The number of halogens is 2. The van der Waals surface area contributed by atoms with Gasteiger partial charge in [0.05, 0.1) is 0 Å². The van der Waals surface area contributed by atoms with Gasteiger partial charge in [-0.1, -0.05) is 37.1 Å². The van der Waals surface area contributed by atoms with Crippen molar-refractivity contribution in [2.45, 2.75) is 38.0 Å². The highest BCUT2D eigenvalue weighted by atomic mass is 35.5. The second-order valence-electron chi connectivity index (χ2n) is 3.80. The zero-order chi connectivity index (χ0) is 10.9. The number of aryl methyl sites for hydroxylation is 1. The third-order valence-corrected chi connectivity index (χ3v) is 3.10. The largest absolute Gasteiger partial charge is 0.127 e. The zero-order valence-corrected chi connectivity index (χ0v) is 10.5. The van der Waals surface area contributed by atoms with Crippen LogP contribution >= 0.6 is 23.2 Å². The van der Waals surface area contributed by atoms with Crippen molar-refractivity contribution in [1.29, 1.82) is 0 Å². The average Bonchev–Trinajstić information content (AvgIpc) is 2.30. The fraction of sp³-hybridized carbons (Fsp3) is 0.538. The number of benzene rings is 1. The Morgan fingerprint density at radius 3 is 1.93 bits per heavy atom. The van der Waals surface area contributed by atoms with Gasteiger partial charge >= 0.3 is 0 Å². The summed E-state index contributed by atoms with van der Waals surface area (Å²) in [6.07, 6.45) is 6.11. The minimum Gasteiger partial charge on any atom is -0.127 e. The standard InChI is InChI=1S/C13H18Cl2/c14-10-4-2-1-3-5-12-6-8-13(11-15)9-7-12/h6-9H,1-5,10-11H2. The molecule has 1 aromatic carbocycles. The Kier molecular flexibility index (Phi) is 6.87. The van der Waals surface area contributed by atoms with Gasteiger partial charge in [0.2, 0.25) is 0 Å². The van der Waals surface area contributed by atoms with E-state index in [0.29, 0.717) is 5.88 Å². The second-order valence-corrected chi connectivity index (χ2v) is 4.45. The number of hydrogen-bond acceptors (Lipinski definition) is 0. The molecule has 1 rings (SSSR count). The number of alkyl halides is 2. The van der Waals surface area contributed by atoms with Gasteiger partial charge in [0.1, 0.15) is 0 Å². The monoisotopic (exact) mass is 244 g/mol. The third kappa shape index (κ3) is 5.44. The van der Waals surface area contributed by atoms with E-state index < -0.39 is 0 Å². The first-order chi connectivity index (χ1) is 7.36. The summed E-state index contributed by atoms with van der Waals surface area (Å²) in [6.45, 7) is 0. The SMILES string of the molecule is ClCCCCCCc1ccc(CCl)cc1. The summed E-state index contributed by atoms with van der Waals surface area (Å²) in [4.78, 5) is 0. The average molecular weight is 245 g/mol. The smallest absolute Gasteiger partial charge is 0.0474 e. The molecule has 0 amide bonds. The van der Waals surface area contributed by atoms with E-state index in [0.717, 1.165) is 12.3 Å². The lowest BCUT2D eigenvalue weighted by atomic mass is 10.1. The lowest BCUT2D eigenvalue weighted by molar-refractivity contribution is 0.669. The maximum atomic E-state index is 5.73. The Bertz CT molecular complexity index is 254. The first-order valence-electron chi connectivity index (χ1n) is 5.56. The van der Waals surface area contributed by atoms with Crippen LogP contribution in [0.25, 0.3) is 0 Å². The minimum absolute atomic E-state index is 0.607. The molecule has 1 aromatic rings. The highest BCUT2D eigenvalue weighted by Crippen LogP contribution is 2.11. The zero-order valence-electron chi connectivity index (χ0n) is 9.02. The number of unbranched alkanes of at least 4 members (excludes halogenated alkanes) is 3. The van der Waals surface area contributed by atoms with Crippen LogP contribution in [0.2, 0.25) is 0 Å². The fourth-order valence-electron chi connectivity index (χ4n) is 1.57. The third-order valence-electron chi connectivity index (χ3n) is 2.53. The van der Waals surface area contributed by atoms with Gasteiger partial charge in [-0.25, -0.2) is 0 Å². The van der Waals surface area contributed by atoms with E-state index in [1.807, 2.05) is 0 Å². The van der Waals surface area contributed by atoms with Crippen molar-refractivity contribution in [2.24, 2.45) is 0 Å². The molecular weight excluding hydrogens is 227 g/mol. The molecule has 2 heteroatoms. The van der Waals surface area contributed by atoms with Crippen LogP contribution in [0, 0.1) is 0 Å². The maximum Gasteiger partial charge on any atom is 0.0474 e. The summed E-state index contributed by atoms with van der Waals surface area (Å²) in [7, 11) is 0. The predicted molar refractivity (Wildman–Crippen MR) is 68.9 cm³/mol. The van der Waals surface area contributed by atoms with E-state index in [2.05, 4.69) is 24.3 Å². The molecule has 0 fully saturated rings. The summed E-state index contributed by atoms with van der Waals surface area (Å²) in [5, 5.41) is 0. The Hall–Kier alpha value is -0.200. The van der Waals surface area contributed by atoms with Gasteiger partial charge in [-0.3, -0.25) is 0 Å². The van der Waals surface area contributed by atoms with Crippen molar-refractivity contribution in [1.82, 2.24) is 0 Å². The Morgan fingerprint density at radius 2 is 1.33 bits per heavy atom. The lowest BCUT2D eigenvalue weighted by Gasteiger charge is -2.02. The van der Waals surface area contributed by atoms with E-state index in [9.17, 15) is 0 Å². The van der Waals surface area contributed by atoms with E-state index >= 15 is 0 Å². The number of rotatable bonds is 7. The van der Waals surface area contributed by atoms with Gasteiger partial charge in [-0.15, -0.1) is 23.2 Å². The molecule has 0 bridgehead atoms. The highest BCUT2D eigenvalue weighted by molar-refractivity contribution is 6.17. The van der Waals surface area contributed by atoms with Crippen molar-refractivity contribution in [3.8, 4) is 0 Å². The lowest BCUT2D eigenvalue weighted by Crippen LogP contribution is -1.87. The molecule has 15 heavy (non-hydrogen) atoms. The minimum atomic E-state index is 0.607. The molecule has 0 spiro atoms. The van der Waals surface area contributed by atoms with Crippen LogP contribution in [0.15, 0.2) is 24.3 Å². The molecular formula is C13H18Cl2. The molecule has 84 valence electrons. The first kappa shape index (κ1) is 12.9. The molecule has 0 saturated heterocycles.